The summed E-state index contributed by atoms with van der Waals surface area (Å²) in [5.74, 6) is -0.538. The van der Waals surface area contributed by atoms with Gasteiger partial charge >= 0.3 is 0 Å². The maximum absolute atomic E-state index is 10.5. The van der Waals surface area contributed by atoms with Crippen molar-refractivity contribution in [2.45, 2.75) is 6.92 Å². The van der Waals surface area contributed by atoms with Crippen LogP contribution in [0, 0.1) is 13.0 Å². The lowest BCUT2D eigenvalue weighted by Crippen LogP contribution is -2.13. The highest BCUT2D eigenvalue weighted by Crippen LogP contribution is 1.94. The Morgan fingerprint density at radius 1 is 1.80 bits per heavy atom. The number of pyridine rings is 1. The lowest BCUT2D eigenvalue weighted by molar-refractivity contribution is 0.0995. The minimum absolute atomic E-state index is 0.194. The summed E-state index contributed by atoms with van der Waals surface area (Å²) in [6, 6.07) is 6.01. The van der Waals surface area contributed by atoms with Crippen molar-refractivity contribution in [3.63, 3.8) is 0 Å². The molecule has 0 aliphatic heterocycles. The van der Waals surface area contributed by atoms with Gasteiger partial charge < -0.3 is 5.73 Å². The van der Waals surface area contributed by atoms with Crippen LogP contribution in [0.4, 0.5) is 0 Å². The molecular formula is C7H7N2O. The predicted octanol–water partition coefficient (Wildman–Crippen LogP) is 0.289. The molecule has 1 heterocycles. The van der Waals surface area contributed by atoms with E-state index in [-0.39, 0.29) is 5.69 Å². The fourth-order valence-corrected chi connectivity index (χ4v) is 0.613. The summed E-state index contributed by atoms with van der Waals surface area (Å²) in [7, 11) is 0. The Morgan fingerprint density at radius 3 is 2.90 bits per heavy atom. The Balaban J connectivity index is 3.07. The molecule has 0 saturated heterocycles. The lowest BCUT2D eigenvalue weighted by atomic mass is 10.3. The highest BCUT2D eigenvalue weighted by atomic mass is 16.1. The fourth-order valence-electron chi connectivity index (χ4n) is 0.613. The van der Waals surface area contributed by atoms with Crippen LogP contribution in [-0.2, 0) is 0 Å². The van der Waals surface area contributed by atoms with Crippen LogP contribution in [0.3, 0.4) is 0 Å². The summed E-state index contributed by atoms with van der Waals surface area (Å²) < 4.78 is 0. The zero-order valence-corrected chi connectivity index (χ0v) is 5.59. The second-order valence-electron chi connectivity index (χ2n) is 1.94. The van der Waals surface area contributed by atoms with Crippen molar-refractivity contribution in [1.29, 1.82) is 0 Å². The number of nitrogens with zero attached hydrogens (tertiary/aromatic N) is 1. The maximum Gasteiger partial charge on any atom is 0.267 e. The monoisotopic (exact) mass is 135 g/mol. The van der Waals surface area contributed by atoms with Gasteiger partial charge in [0.15, 0.2) is 0 Å². The first-order valence-corrected chi connectivity index (χ1v) is 2.85. The molecule has 10 heavy (non-hydrogen) atoms. The van der Waals surface area contributed by atoms with Gasteiger partial charge in [0.25, 0.3) is 5.91 Å². The summed E-state index contributed by atoms with van der Waals surface area (Å²) >= 11 is 0. The van der Waals surface area contributed by atoms with Crippen LogP contribution in [0.1, 0.15) is 16.2 Å². The number of aromatic nitrogens is 1. The smallest absolute Gasteiger partial charge is 0.267 e. The predicted molar refractivity (Wildman–Crippen MR) is 36.3 cm³/mol. The molecule has 1 radical (unpaired) electrons. The average molecular weight is 135 g/mol. The van der Waals surface area contributed by atoms with Crippen molar-refractivity contribution in [1.82, 2.24) is 4.98 Å². The number of aryl methyl sites for hydroxylation is 1. The van der Waals surface area contributed by atoms with Gasteiger partial charge in [0.05, 0.1) is 0 Å². The van der Waals surface area contributed by atoms with E-state index in [9.17, 15) is 4.79 Å². The van der Waals surface area contributed by atoms with Gasteiger partial charge in [-0.3, -0.25) is 4.79 Å². The van der Waals surface area contributed by atoms with E-state index in [0.717, 1.165) is 5.69 Å². The van der Waals surface area contributed by atoms with E-state index >= 15 is 0 Å². The fraction of sp³-hybridized carbons (Fsp3) is 0.143. The molecule has 0 bridgehead atoms. The summed E-state index contributed by atoms with van der Waals surface area (Å²) in [5, 5.41) is 0. The number of carbonyl (C=O) groups excluding carboxylic acids is 1. The third-order valence-electron chi connectivity index (χ3n) is 1.07. The van der Waals surface area contributed by atoms with Crippen LogP contribution in [0.2, 0.25) is 0 Å². The Kier molecular flexibility index (Phi) is 1.67. The van der Waals surface area contributed by atoms with Gasteiger partial charge in [0.1, 0.15) is 5.69 Å². The van der Waals surface area contributed by atoms with Crippen molar-refractivity contribution < 1.29 is 4.79 Å². The van der Waals surface area contributed by atoms with Crippen molar-refractivity contribution in [3.8, 4) is 0 Å². The van der Waals surface area contributed by atoms with Crippen LogP contribution in [0.15, 0.2) is 12.1 Å². The molecule has 51 valence electrons. The average Bonchev–Trinajstić information content (AvgIpc) is 1.88. The normalized spacial score (nSPS) is 9.30. The molecule has 3 heteroatoms. The van der Waals surface area contributed by atoms with Crippen molar-refractivity contribution in [3.05, 3.63) is 29.6 Å². The van der Waals surface area contributed by atoms with E-state index in [2.05, 4.69) is 11.1 Å². The van der Waals surface area contributed by atoms with E-state index in [0.29, 0.717) is 0 Å². The molecule has 1 aromatic rings. The summed E-state index contributed by atoms with van der Waals surface area (Å²) in [6.45, 7) is 1.79. The quantitative estimate of drug-likeness (QED) is 0.601. The number of hydrogen-bond donors (Lipinski definition) is 1. The third kappa shape index (κ3) is 1.31. The Hall–Kier alpha value is -1.38. The van der Waals surface area contributed by atoms with E-state index < -0.39 is 5.91 Å². The van der Waals surface area contributed by atoms with Crippen molar-refractivity contribution in [2.24, 2.45) is 5.73 Å². The van der Waals surface area contributed by atoms with Gasteiger partial charge in [0.2, 0.25) is 0 Å². The van der Waals surface area contributed by atoms with E-state index in [1.54, 1.807) is 19.1 Å². The number of rotatable bonds is 1. The molecule has 1 amide bonds. The van der Waals surface area contributed by atoms with E-state index in [4.69, 9.17) is 5.73 Å². The molecule has 0 fully saturated rings. The molecule has 1 rings (SSSR count). The molecule has 0 atom stereocenters. The van der Waals surface area contributed by atoms with E-state index in [1.807, 2.05) is 0 Å². The number of carbonyl (C=O) groups is 1. The molecule has 3 nitrogen and oxygen atoms in total. The topological polar surface area (TPSA) is 56.0 Å². The number of primary amides is 1. The van der Waals surface area contributed by atoms with Gasteiger partial charge in [-0.25, -0.2) is 4.98 Å². The highest BCUT2D eigenvalue weighted by molar-refractivity contribution is 5.90. The van der Waals surface area contributed by atoms with Gasteiger partial charge in [-0.1, -0.05) is 6.07 Å². The minimum Gasteiger partial charge on any atom is -0.364 e. The summed E-state index contributed by atoms with van der Waals surface area (Å²) in [4.78, 5) is 14.3. The van der Waals surface area contributed by atoms with Crippen molar-refractivity contribution in [2.75, 3.05) is 0 Å². The second kappa shape index (κ2) is 2.47. The molecule has 0 aliphatic carbocycles. The van der Waals surface area contributed by atoms with Gasteiger partial charge in [0, 0.05) is 11.8 Å². The van der Waals surface area contributed by atoms with Crippen LogP contribution < -0.4 is 5.73 Å². The molecule has 1 aromatic heterocycles. The second-order valence-corrected chi connectivity index (χ2v) is 1.94. The first kappa shape index (κ1) is 6.74. The first-order chi connectivity index (χ1) is 4.70. The van der Waals surface area contributed by atoms with Crippen LogP contribution in [-0.4, -0.2) is 10.9 Å². The van der Waals surface area contributed by atoms with Crippen LogP contribution >= 0.6 is 0 Å². The SMILES string of the molecule is Cc1cc[c]c(C(N)=O)n1. The van der Waals surface area contributed by atoms with E-state index in [1.165, 1.54) is 0 Å². The molecule has 0 unspecified atom stereocenters. The zero-order chi connectivity index (χ0) is 7.56. The molecular weight excluding hydrogens is 128 g/mol. The molecule has 0 aliphatic rings. The molecule has 0 spiro atoms. The Labute approximate surface area is 58.9 Å². The third-order valence-corrected chi connectivity index (χ3v) is 1.07. The largest absolute Gasteiger partial charge is 0.364 e. The minimum atomic E-state index is -0.538. The number of hydrogen-bond acceptors (Lipinski definition) is 2. The molecule has 0 aromatic carbocycles. The maximum atomic E-state index is 10.5. The zero-order valence-electron chi connectivity index (χ0n) is 5.59. The number of amides is 1. The lowest BCUT2D eigenvalue weighted by Gasteiger charge is -1.93. The number of nitrogens with two attached hydrogens (primary N) is 1. The summed E-state index contributed by atoms with van der Waals surface area (Å²) in [5.41, 5.74) is 5.92. The molecule has 0 saturated carbocycles. The van der Waals surface area contributed by atoms with Gasteiger partial charge in [-0.2, -0.15) is 0 Å². The standard InChI is InChI=1S/C7H7N2O/c1-5-3-2-4-6(9-5)7(8)10/h2-3H,1H3,(H2,8,10). The first-order valence-electron chi connectivity index (χ1n) is 2.85. The van der Waals surface area contributed by atoms with Crippen LogP contribution in [0.5, 0.6) is 0 Å². The molecule has 2 N–H and O–H groups in total. The summed E-state index contributed by atoms with van der Waals surface area (Å²) in [6.07, 6.45) is 0. The van der Waals surface area contributed by atoms with Crippen LogP contribution in [0.25, 0.3) is 0 Å². The highest BCUT2D eigenvalue weighted by Gasteiger charge is 1.99. The Morgan fingerprint density at radius 2 is 2.50 bits per heavy atom. The van der Waals surface area contributed by atoms with Gasteiger partial charge in [-0.05, 0) is 13.0 Å². The van der Waals surface area contributed by atoms with Gasteiger partial charge in [-0.15, -0.1) is 0 Å². The Bertz CT molecular complexity index is 258. The van der Waals surface area contributed by atoms with Crippen molar-refractivity contribution >= 4 is 5.91 Å².